The van der Waals surface area contributed by atoms with Gasteiger partial charge in [0.15, 0.2) is 0 Å². The molecule has 0 amide bonds. The molecular formula is C25H29NOSi. The third kappa shape index (κ3) is 3.29. The van der Waals surface area contributed by atoms with Crippen molar-refractivity contribution in [3.8, 4) is 0 Å². The standard InChI is InChI=1S/C25H29NOSi/c1-25(2,3)28(20-12-6-4-7-13-20,21-14-8-5-9-15-21)27-24-18-19-26-23-17-11-10-16-22(23)24/h4-17,24,26H,18-19H2,1-3H3. The summed E-state index contributed by atoms with van der Waals surface area (Å²) in [6, 6.07) is 30.4. The monoisotopic (exact) mass is 387 g/mol. The van der Waals surface area contributed by atoms with Crippen LogP contribution < -0.4 is 15.7 Å². The predicted octanol–water partition coefficient (Wildman–Crippen LogP) is 5.12. The van der Waals surface area contributed by atoms with Crippen LogP contribution in [0.15, 0.2) is 84.9 Å². The third-order valence-electron chi connectivity index (χ3n) is 5.77. The molecule has 2 nitrogen and oxygen atoms in total. The van der Waals surface area contributed by atoms with Crippen LogP contribution in [0, 0.1) is 0 Å². The van der Waals surface area contributed by atoms with Gasteiger partial charge in [-0.05, 0) is 27.9 Å². The summed E-state index contributed by atoms with van der Waals surface area (Å²) in [5.41, 5.74) is 2.48. The molecule has 0 fully saturated rings. The molecule has 1 unspecified atom stereocenters. The molecule has 3 aromatic rings. The van der Waals surface area contributed by atoms with Crippen molar-refractivity contribution in [2.24, 2.45) is 0 Å². The summed E-state index contributed by atoms with van der Waals surface area (Å²) in [4.78, 5) is 0. The average molecular weight is 388 g/mol. The van der Waals surface area contributed by atoms with E-state index in [9.17, 15) is 0 Å². The lowest BCUT2D eigenvalue weighted by molar-refractivity contribution is 0.181. The maximum absolute atomic E-state index is 7.34. The molecule has 0 spiro atoms. The van der Waals surface area contributed by atoms with Crippen LogP contribution >= 0.6 is 0 Å². The minimum absolute atomic E-state index is 0.00444. The average Bonchev–Trinajstić information content (AvgIpc) is 2.72. The fourth-order valence-corrected chi connectivity index (χ4v) is 9.15. The molecule has 0 saturated carbocycles. The first kappa shape index (κ1) is 19.0. The number of nitrogens with one attached hydrogen (secondary N) is 1. The van der Waals surface area contributed by atoms with Gasteiger partial charge in [0.1, 0.15) is 0 Å². The minimum Gasteiger partial charge on any atom is -0.400 e. The first-order valence-electron chi connectivity index (χ1n) is 10.1. The zero-order valence-electron chi connectivity index (χ0n) is 17.0. The lowest BCUT2D eigenvalue weighted by Crippen LogP contribution is -2.67. The quantitative estimate of drug-likeness (QED) is 0.627. The van der Waals surface area contributed by atoms with E-state index in [2.05, 4.69) is 111 Å². The molecule has 144 valence electrons. The summed E-state index contributed by atoms with van der Waals surface area (Å²) in [5.74, 6) is 0. The molecule has 3 aromatic carbocycles. The smallest absolute Gasteiger partial charge is 0.261 e. The number of anilines is 1. The van der Waals surface area contributed by atoms with E-state index in [1.165, 1.54) is 21.6 Å². The number of hydrogen-bond acceptors (Lipinski definition) is 2. The van der Waals surface area contributed by atoms with Crippen LogP contribution in [0.4, 0.5) is 5.69 Å². The molecule has 1 aliphatic heterocycles. The Hall–Kier alpha value is -2.36. The van der Waals surface area contributed by atoms with Crippen molar-refractivity contribution in [3.05, 3.63) is 90.5 Å². The Bertz CT molecular complexity index is 879. The van der Waals surface area contributed by atoms with Crippen molar-refractivity contribution in [2.75, 3.05) is 11.9 Å². The van der Waals surface area contributed by atoms with Gasteiger partial charge in [0.2, 0.25) is 0 Å². The molecule has 1 heterocycles. The lowest BCUT2D eigenvalue weighted by Gasteiger charge is -2.46. The maximum Gasteiger partial charge on any atom is 0.261 e. The van der Waals surface area contributed by atoms with Crippen LogP contribution in [0.5, 0.6) is 0 Å². The molecule has 1 N–H and O–H groups in total. The van der Waals surface area contributed by atoms with Crippen LogP contribution in [0.3, 0.4) is 0 Å². The van der Waals surface area contributed by atoms with E-state index in [0.717, 1.165) is 13.0 Å². The van der Waals surface area contributed by atoms with E-state index in [1.54, 1.807) is 0 Å². The highest BCUT2D eigenvalue weighted by atomic mass is 28.4. The SMILES string of the molecule is CC(C)(C)[Si](OC1CCNc2ccccc21)(c1ccccc1)c1ccccc1. The molecule has 1 atom stereocenters. The van der Waals surface area contributed by atoms with Gasteiger partial charge in [0.05, 0.1) is 6.10 Å². The minimum atomic E-state index is -2.53. The van der Waals surface area contributed by atoms with Crippen LogP contribution in [-0.4, -0.2) is 14.9 Å². The van der Waals surface area contributed by atoms with E-state index >= 15 is 0 Å². The molecule has 3 heteroatoms. The maximum atomic E-state index is 7.34. The fraction of sp³-hybridized carbons (Fsp3) is 0.280. The van der Waals surface area contributed by atoms with Gasteiger partial charge in [0.25, 0.3) is 8.32 Å². The second-order valence-electron chi connectivity index (χ2n) is 8.57. The molecule has 0 saturated heterocycles. The molecular weight excluding hydrogens is 358 g/mol. The summed E-state index contributed by atoms with van der Waals surface area (Å²) >= 11 is 0. The Balaban J connectivity index is 1.89. The number of rotatable bonds is 4. The normalized spacial score (nSPS) is 16.9. The van der Waals surface area contributed by atoms with Crippen molar-refractivity contribution < 1.29 is 4.43 Å². The van der Waals surface area contributed by atoms with Crippen molar-refractivity contribution in [1.29, 1.82) is 0 Å². The van der Waals surface area contributed by atoms with E-state index in [0.29, 0.717) is 0 Å². The second-order valence-corrected chi connectivity index (χ2v) is 12.8. The molecule has 0 aliphatic carbocycles. The Morgan fingerprint density at radius 3 is 1.89 bits per heavy atom. The highest BCUT2D eigenvalue weighted by Crippen LogP contribution is 2.42. The predicted molar refractivity (Wildman–Crippen MR) is 121 cm³/mol. The highest BCUT2D eigenvalue weighted by Gasteiger charge is 2.51. The van der Waals surface area contributed by atoms with Gasteiger partial charge in [0, 0.05) is 17.8 Å². The number of fused-ring (bicyclic) bond motifs is 1. The zero-order chi connectivity index (χ0) is 19.6. The van der Waals surface area contributed by atoms with Gasteiger partial charge in [-0.25, -0.2) is 0 Å². The van der Waals surface area contributed by atoms with Crippen LogP contribution in [-0.2, 0) is 4.43 Å². The van der Waals surface area contributed by atoms with Crippen molar-refractivity contribution in [3.63, 3.8) is 0 Å². The summed E-state index contributed by atoms with van der Waals surface area (Å²) < 4.78 is 7.34. The van der Waals surface area contributed by atoms with Crippen molar-refractivity contribution in [2.45, 2.75) is 38.3 Å². The van der Waals surface area contributed by atoms with Gasteiger partial charge in [-0.1, -0.05) is 99.6 Å². The summed E-state index contributed by atoms with van der Waals surface area (Å²) in [6.07, 6.45) is 1.09. The molecule has 1 aliphatic rings. The summed E-state index contributed by atoms with van der Waals surface area (Å²) in [7, 11) is -2.53. The fourth-order valence-electron chi connectivity index (χ4n) is 4.46. The highest BCUT2D eigenvalue weighted by molar-refractivity contribution is 6.99. The first-order chi connectivity index (χ1) is 13.5. The van der Waals surface area contributed by atoms with Crippen LogP contribution in [0.1, 0.15) is 38.9 Å². The van der Waals surface area contributed by atoms with E-state index in [1.807, 2.05) is 0 Å². The van der Waals surface area contributed by atoms with E-state index < -0.39 is 8.32 Å². The molecule has 0 bridgehead atoms. The largest absolute Gasteiger partial charge is 0.400 e. The van der Waals surface area contributed by atoms with Crippen molar-refractivity contribution >= 4 is 24.4 Å². The molecule has 0 radical (unpaired) electrons. The van der Waals surface area contributed by atoms with E-state index in [-0.39, 0.29) is 11.1 Å². The van der Waals surface area contributed by atoms with E-state index in [4.69, 9.17) is 4.43 Å². The van der Waals surface area contributed by atoms with Gasteiger partial charge < -0.3 is 9.74 Å². The molecule has 0 aromatic heterocycles. The van der Waals surface area contributed by atoms with Crippen molar-refractivity contribution in [1.82, 2.24) is 0 Å². The van der Waals surface area contributed by atoms with Gasteiger partial charge in [-0.2, -0.15) is 0 Å². The Kier molecular flexibility index (Phi) is 5.13. The lowest BCUT2D eigenvalue weighted by atomic mass is 10.0. The molecule has 4 rings (SSSR count). The molecule has 28 heavy (non-hydrogen) atoms. The number of benzene rings is 3. The second kappa shape index (κ2) is 7.57. The zero-order valence-corrected chi connectivity index (χ0v) is 18.0. The summed E-state index contributed by atoms with van der Waals surface area (Å²) in [5, 5.41) is 6.20. The summed E-state index contributed by atoms with van der Waals surface area (Å²) in [6.45, 7) is 7.96. The van der Waals surface area contributed by atoms with Crippen LogP contribution in [0.2, 0.25) is 5.04 Å². The third-order valence-corrected chi connectivity index (χ3v) is 10.8. The number of para-hydroxylation sites is 1. The topological polar surface area (TPSA) is 21.3 Å². The Morgan fingerprint density at radius 1 is 0.786 bits per heavy atom. The van der Waals surface area contributed by atoms with Gasteiger partial charge in [-0.15, -0.1) is 0 Å². The number of hydrogen-bond donors (Lipinski definition) is 1. The van der Waals surface area contributed by atoms with Gasteiger partial charge >= 0.3 is 0 Å². The Morgan fingerprint density at radius 2 is 1.32 bits per heavy atom. The van der Waals surface area contributed by atoms with Gasteiger partial charge in [-0.3, -0.25) is 0 Å². The van der Waals surface area contributed by atoms with Crippen LogP contribution in [0.25, 0.3) is 0 Å². The first-order valence-corrected chi connectivity index (χ1v) is 12.0. The Labute approximate surface area is 169 Å².